The average Bonchev–Trinajstić information content (AvgIpc) is 2.90. The second-order valence-electron chi connectivity index (χ2n) is 4.96. The van der Waals surface area contributed by atoms with E-state index >= 15 is 0 Å². The van der Waals surface area contributed by atoms with E-state index in [1.165, 1.54) is 0 Å². The summed E-state index contributed by atoms with van der Waals surface area (Å²) < 4.78 is 27.8. The van der Waals surface area contributed by atoms with Crippen LogP contribution < -0.4 is 16.0 Å². The highest BCUT2D eigenvalue weighted by Gasteiger charge is 2.23. The first-order valence-corrected chi connectivity index (χ1v) is 7.92. The van der Waals surface area contributed by atoms with Crippen molar-refractivity contribution < 1.29 is 8.42 Å². The predicted octanol–water partition coefficient (Wildman–Crippen LogP) is 1.35. The molecule has 0 saturated carbocycles. The van der Waals surface area contributed by atoms with Crippen molar-refractivity contribution in [1.82, 2.24) is 14.9 Å². The van der Waals surface area contributed by atoms with Crippen LogP contribution in [-0.2, 0) is 10.0 Å². The number of sulfonamides is 1. The zero-order chi connectivity index (χ0) is 15.6. The van der Waals surface area contributed by atoms with E-state index in [1.54, 1.807) is 45.3 Å². The molecule has 2 aromatic rings. The summed E-state index contributed by atoms with van der Waals surface area (Å²) in [6.45, 7) is 5.25. The van der Waals surface area contributed by atoms with Crippen LogP contribution >= 0.6 is 0 Å². The standard InChI is InChI=1S/C13H19N5O2S/c1-8-4-12(17-14)5-9(2)13(8)21(19,20)18-10(3)11-6-15-16-7-11/h4-7,10,17-18H,14H2,1-3H3,(H,15,16). The molecular formula is C13H19N5O2S. The van der Waals surface area contributed by atoms with Crippen molar-refractivity contribution in [3.05, 3.63) is 41.2 Å². The first-order valence-electron chi connectivity index (χ1n) is 6.44. The largest absolute Gasteiger partial charge is 0.324 e. The van der Waals surface area contributed by atoms with Gasteiger partial charge in [0.15, 0.2) is 0 Å². The number of hydrazine groups is 1. The fourth-order valence-corrected chi connectivity index (χ4v) is 4.00. The van der Waals surface area contributed by atoms with Crippen molar-refractivity contribution in [2.24, 2.45) is 5.84 Å². The molecule has 0 aliphatic heterocycles. The summed E-state index contributed by atoms with van der Waals surface area (Å²) in [4.78, 5) is 0.275. The fraction of sp³-hybridized carbons (Fsp3) is 0.308. The third-order valence-corrected chi connectivity index (χ3v) is 5.09. The molecule has 0 bridgehead atoms. The maximum absolute atomic E-state index is 12.6. The van der Waals surface area contributed by atoms with E-state index in [0.717, 1.165) is 5.56 Å². The number of nitrogens with two attached hydrogens (primary N) is 1. The molecule has 0 saturated heterocycles. The number of nitrogen functional groups attached to an aromatic ring is 1. The second-order valence-corrected chi connectivity index (χ2v) is 6.61. The molecule has 1 atom stereocenters. The first-order chi connectivity index (χ1) is 9.85. The van der Waals surface area contributed by atoms with Crippen molar-refractivity contribution in [3.63, 3.8) is 0 Å². The Labute approximate surface area is 124 Å². The molecule has 0 fully saturated rings. The molecule has 1 aromatic carbocycles. The first kappa shape index (κ1) is 15.5. The van der Waals surface area contributed by atoms with Gasteiger partial charge in [0.2, 0.25) is 10.0 Å². The lowest BCUT2D eigenvalue weighted by atomic mass is 10.1. The second kappa shape index (κ2) is 5.84. The Kier molecular flexibility index (Phi) is 4.31. The Morgan fingerprint density at radius 1 is 1.29 bits per heavy atom. The Morgan fingerprint density at radius 3 is 2.38 bits per heavy atom. The van der Waals surface area contributed by atoms with Gasteiger partial charge in [0, 0.05) is 23.5 Å². The maximum atomic E-state index is 12.6. The van der Waals surface area contributed by atoms with E-state index in [9.17, 15) is 8.42 Å². The third-order valence-electron chi connectivity index (χ3n) is 3.25. The molecule has 0 radical (unpaired) electrons. The molecule has 2 rings (SSSR count). The predicted molar refractivity (Wildman–Crippen MR) is 81.1 cm³/mol. The van der Waals surface area contributed by atoms with Gasteiger partial charge in [-0.3, -0.25) is 10.9 Å². The number of hydrogen-bond donors (Lipinski definition) is 4. The van der Waals surface area contributed by atoms with Crippen LogP contribution in [0.5, 0.6) is 0 Å². The van der Waals surface area contributed by atoms with Crippen LogP contribution in [0.25, 0.3) is 0 Å². The highest BCUT2D eigenvalue weighted by molar-refractivity contribution is 7.89. The highest BCUT2D eigenvalue weighted by atomic mass is 32.2. The molecule has 0 spiro atoms. The van der Waals surface area contributed by atoms with Crippen molar-refractivity contribution in [1.29, 1.82) is 0 Å². The SMILES string of the molecule is Cc1cc(NN)cc(C)c1S(=O)(=O)NC(C)c1cn[nH]c1. The number of rotatable bonds is 5. The molecule has 7 nitrogen and oxygen atoms in total. The van der Waals surface area contributed by atoms with Gasteiger partial charge in [0.25, 0.3) is 0 Å². The molecule has 0 amide bonds. The summed E-state index contributed by atoms with van der Waals surface area (Å²) in [7, 11) is -3.63. The quantitative estimate of drug-likeness (QED) is 0.492. The minimum atomic E-state index is -3.63. The van der Waals surface area contributed by atoms with E-state index < -0.39 is 10.0 Å². The lowest BCUT2D eigenvalue weighted by molar-refractivity contribution is 0.566. The van der Waals surface area contributed by atoms with Crippen LogP contribution in [0.15, 0.2) is 29.4 Å². The smallest absolute Gasteiger partial charge is 0.241 e. The highest BCUT2D eigenvalue weighted by Crippen LogP contribution is 2.25. The van der Waals surface area contributed by atoms with Gasteiger partial charge < -0.3 is 5.43 Å². The molecule has 8 heteroatoms. The summed E-state index contributed by atoms with van der Waals surface area (Å²) in [6.07, 6.45) is 3.25. The molecular weight excluding hydrogens is 290 g/mol. The van der Waals surface area contributed by atoms with Gasteiger partial charge in [0.05, 0.1) is 11.1 Å². The van der Waals surface area contributed by atoms with Crippen LogP contribution in [0.1, 0.15) is 29.7 Å². The normalized spacial score (nSPS) is 13.1. The summed E-state index contributed by atoms with van der Waals surface area (Å²) >= 11 is 0. The Hall–Kier alpha value is -1.90. The van der Waals surface area contributed by atoms with Gasteiger partial charge in [-0.1, -0.05) is 0 Å². The Bertz CT molecular complexity index is 702. The van der Waals surface area contributed by atoms with E-state index in [0.29, 0.717) is 16.8 Å². The van der Waals surface area contributed by atoms with Gasteiger partial charge in [-0.25, -0.2) is 13.1 Å². The number of benzene rings is 1. The minimum absolute atomic E-state index is 0.275. The van der Waals surface area contributed by atoms with Crippen LogP contribution in [0, 0.1) is 13.8 Å². The van der Waals surface area contributed by atoms with Crippen LogP contribution in [0.4, 0.5) is 5.69 Å². The minimum Gasteiger partial charge on any atom is -0.324 e. The van der Waals surface area contributed by atoms with E-state index in [-0.39, 0.29) is 10.9 Å². The van der Waals surface area contributed by atoms with Gasteiger partial charge in [-0.05, 0) is 44.0 Å². The molecule has 0 aliphatic carbocycles. The zero-order valence-corrected chi connectivity index (χ0v) is 13.0. The molecule has 1 heterocycles. The number of anilines is 1. The molecule has 21 heavy (non-hydrogen) atoms. The van der Waals surface area contributed by atoms with Gasteiger partial charge >= 0.3 is 0 Å². The van der Waals surface area contributed by atoms with E-state index in [2.05, 4.69) is 20.3 Å². The topological polar surface area (TPSA) is 113 Å². The maximum Gasteiger partial charge on any atom is 0.241 e. The lowest BCUT2D eigenvalue weighted by Gasteiger charge is -2.17. The molecule has 1 aromatic heterocycles. The molecule has 1 unspecified atom stereocenters. The number of hydrogen-bond acceptors (Lipinski definition) is 5. The lowest BCUT2D eigenvalue weighted by Crippen LogP contribution is -2.28. The number of H-pyrrole nitrogens is 1. The van der Waals surface area contributed by atoms with Crippen LogP contribution in [-0.4, -0.2) is 18.6 Å². The summed E-state index contributed by atoms with van der Waals surface area (Å²) in [6, 6.07) is 3.02. The molecule has 114 valence electrons. The van der Waals surface area contributed by atoms with Crippen molar-refractivity contribution in [2.75, 3.05) is 5.43 Å². The van der Waals surface area contributed by atoms with Crippen LogP contribution in [0.2, 0.25) is 0 Å². The molecule has 5 N–H and O–H groups in total. The summed E-state index contributed by atoms with van der Waals surface area (Å²) in [5.74, 6) is 5.37. The van der Waals surface area contributed by atoms with Gasteiger partial charge in [-0.2, -0.15) is 5.10 Å². The van der Waals surface area contributed by atoms with Gasteiger partial charge in [-0.15, -0.1) is 0 Å². The summed E-state index contributed by atoms with van der Waals surface area (Å²) in [5.41, 5.74) is 5.24. The monoisotopic (exact) mass is 309 g/mol. The van der Waals surface area contributed by atoms with Gasteiger partial charge in [0.1, 0.15) is 0 Å². The molecule has 0 aliphatic rings. The van der Waals surface area contributed by atoms with Crippen molar-refractivity contribution in [2.45, 2.75) is 31.7 Å². The Balaban J connectivity index is 2.36. The number of aryl methyl sites for hydroxylation is 2. The van der Waals surface area contributed by atoms with E-state index in [4.69, 9.17) is 5.84 Å². The number of nitrogens with zero attached hydrogens (tertiary/aromatic N) is 1. The number of nitrogens with one attached hydrogen (secondary N) is 3. The van der Waals surface area contributed by atoms with Crippen LogP contribution in [0.3, 0.4) is 0 Å². The third kappa shape index (κ3) is 3.23. The van der Waals surface area contributed by atoms with Crippen molar-refractivity contribution >= 4 is 15.7 Å². The number of aromatic nitrogens is 2. The fourth-order valence-electron chi connectivity index (χ4n) is 2.31. The average molecular weight is 309 g/mol. The van der Waals surface area contributed by atoms with E-state index in [1.807, 2.05) is 0 Å². The van der Waals surface area contributed by atoms with Crippen molar-refractivity contribution in [3.8, 4) is 0 Å². The Morgan fingerprint density at radius 2 is 1.90 bits per heavy atom. The zero-order valence-electron chi connectivity index (χ0n) is 12.1. The summed E-state index contributed by atoms with van der Waals surface area (Å²) in [5, 5.41) is 6.49. The number of aromatic amines is 1.